The summed E-state index contributed by atoms with van der Waals surface area (Å²) in [4.78, 5) is 30.1. The highest BCUT2D eigenvalue weighted by atomic mass is 16.6. The molecule has 25 heavy (non-hydrogen) atoms. The van der Waals surface area contributed by atoms with Gasteiger partial charge in [0.05, 0.1) is 19.8 Å². The zero-order chi connectivity index (χ0) is 18.1. The number of amides is 1. The normalized spacial score (nSPS) is 20.5. The number of ether oxygens (including phenoxy) is 2. The van der Waals surface area contributed by atoms with E-state index >= 15 is 0 Å². The van der Waals surface area contributed by atoms with Crippen molar-refractivity contribution >= 4 is 12.1 Å². The van der Waals surface area contributed by atoms with Gasteiger partial charge in [0.1, 0.15) is 0 Å². The van der Waals surface area contributed by atoms with Crippen LogP contribution in [0.3, 0.4) is 0 Å². The molecule has 2 fully saturated rings. The molecule has 0 saturated carbocycles. The average Bonchev–Trinajstić information content (AvgIpc) is 2.63. The maximum Gasteiger partial charge on any atom is 0.409 e. The molecule has 7 nitrogen and oxygen atoms in total. The number of carbonyl (C=O) groups excluding carboxylic acids is 2. The van der Waals surface area contributed by atoms with Crippen LogP contribution >= 0.6 is 0 Å². The van der Waals surface area contributed by atoms with Gasteiger partial charge < -0.3 is 14.4 Å². The van der Waals surface area contributed by atoms with E-state index in [0.29, 0.717) is 25.8 Å². The SMILES string of the molecule is CCCCOC(=O)N1CCC(N2CCN(CC(=O)OCC)CC2)CC1. The Morgan fingerprint density at radius 1 is 0.960 bits per heavy atom. The number of nitrogens with zero attached hydrogens (tertiary/aromatic N) is 3. The number of unbranched alkanes of at least 4 members (excludes halogenated alkanes) is 1. The molecular formula is C18H33N3O4. The van der Waals surface area contributed by atoms with Crippen LogP contribution in [0.25, 0.3) is 0 Å². The molecule has 2 aliphatic heterocycles. The van der Waals surface area contributed by atoms with Crippen molar-refractivity contribution in [1.82, 2.24) is 14.7 Å². The van der Waals surface area contributed by atoms with Gasteiger partial charge in [0.15, 0.2) is 0 Å². The first-order valence-corrected chi connectivity index (χ1v) is 9.67. The van der Waals surface area contributed by atoms with E-state index in [1.165, 1.54) is 0 Å². The number of hydrogen-bond acceptors (Lipinski definition) is 6. The van der Waals surface area contributed by atoms with Gasteiger partial charge in [-0.1, -0.05) is 13.3 Å². The second-order valence-corrected chi connectivity index (χ2v) is 6.80. The Morgan fingerprint density at radius 2 is 1.64 bits per heavy atom. The van der Waals surface area contributed by atoms with Gasteiger partial charge >= 0.3 is 12.1 Å². The lowest BCUT2D eigenvalue weighted by Crippen LogP contribution is -2.54. The van der Waals surface area contributed by atoms with Crippen molar-refractivity contribution in [3.8, 4) is 0 Å². The summed E-state index contributed by atoms with van der Waals surface area (Å²) in [5, 5.41) is 0. The summed E-state index contributed by atoms with van der Waals surface area (Å²) in [5.74, 6) is -0.133. The van der Waals surface area contributed by atoms with Crippen molar-refractivity contribution < 1.29 is 19.1 Å². The molecule has 144 valence electrons. The van der Waals surface area contributed by atoms with Crippen LogP contribution < -0.4 is 0 Å². The first kappa shape index (κ1) is 20.0. The fourth-order valence-electron chi connectivity index (χ4n) is 3.48. The molecule has 0 radical (unpaired) electrons. The summed E-state index contributed by atoms with van der Waals surface area (Å²) in [5.41, 5.74) is 0. The summed E-state index contributed by atoms with van der Waals surface area (Å²) in [7, 11) is 0. The minimum absolute atomic E-state index is 0.133. The van der Waals surface area contributed by atoms with Gasteiger partial charge in [0.2, 0.25) is 0 Å². The van der Waals surface area contributed by atoms with Gasteiger partial charge in [-0.15, -0.1) is 0 Å². The fourth-order valence-corrected chi connectivity index (χ4v) is 3.48. The van der Waals surface area contributed by atoms with E-state index < -0.39 is 0 Å². The average molecular weight is 355 g/mol. The van der Waals surface area contributed by atoms with Crippen LogP contribution in [0.2, 0.25) is 0 Å². The molecule has 2 aliphatic rings. The van der Waals surface area contributed by atoms with Crippen LogP contribution in [-0.4, -0.2) is 91.8 Å². The number of esters is 1. The van der Waals surface area contributed by atoms with Crippen LogP contribution in [0.1, 0.15) is 39.5 Å². The summed E-state index contributed by atoms with van der Waals surface area (Å²) >= 11 is 0. The Balaban J connectivity index is 1.65. The van der Waals surface area contributed by atoms with Crippen molar-refractivity contribution in [3.05, 3.63) is 0 Å². The molecule has 0 bridgehead atoms. The van der Waals surface area contributed by atoms with E-state index in [9.17, 15) is 9.59 Å². The Kier molecular flexibility index (Phi) is 8.48. The Hall–Kier alpha value is -1.34. The Bertz CT molecular complexity index is 417. The molecule has 7 heteroatoms. The molecule has 2 heterocycles. The van der Waals surface area contributed by atoms with Gasteiger partial charge in [-0.3, -0.25) is 14.6 Å². The third-order valence-electron chi connectivity index (χ3n) is 5.03. The van der Waals surface area contributed by atoms with E-state index in [1.807, 2.05) is 11.8 Å². The predicted molar refractivity (Wildman–Crippen MR) is 95.5 cm³/mol. The number of piperazine rings is 1. The highest BCUT2D eigenvalue weighted by Crippen LogP contribution is 2.19. The molecular weight excluding hydrogens is 322 g/mol. The third kappa shape index (κ3) is 6.47. The van der Waals surface area contributed by atoms with Crippen molar-refractivity contribution in [2.75, 3.05) is 59.0 Å². The van der Waals surface area contributed by atoms with Crippen molar-refractivity contribution in [1.29, 1.82) is 0 Å². The maximum absolute atomic E-state index is 12.0. The Labute approximate surface area is 151 Å². The van der Waals surface area contributed by atoms with E-state index in [2.05, 4.69) is 16.7 Å². The van der Waals surface area contributed by atoms with Gasteiger partial charge in [0, 0.05) is 45.3 Å². The zero-order valence-electron chi connectivity index (χ0n) is 15.7. The quantitative estimate of drug-likeness (QED) is 0.510. The molecule has 0 N–H and O–H groups in total. The highest BCUT2D eigenvalue weighted by Gasteiger charge is 2.29. The minimum Gasteiger partial charge on any atom is -0.465 e. The number of rotatable bonds is 7. The van der Waals surface area contributed by atoms with Gasteiger partial charge in [-0.05, 0) is 26.2 Å². The maximum atomic E-state index is 12.0. The van der Waals surface area contributed by atoms with Crippen molar-refractivity contribution in [2.45, 2.75) is 45.6 Å². The first-order valence-electron chi connectivity index (χ1n) is 9.67. The lowest BCUT2D eigenvalue weighted by Gasteiger charge is -2.42. The van der Waals surface area contributed by atoms with Crippen LogP contribution in [0, 0.1) is 0 Å². The number of carbonyl (C=O) groups is 2. The van der Waals surface area contributed by atoms with Crippen LogP contribution in [0.4, 0.5) is 4.79 Å². The molecule has 0 unspecified atom stereocenters. The standard InChI is InChI=1S/C18H33N3O4/c1-3-5-14-25-18(23)21-8-6-16(7-9-21)20-12-10-19(11-13-20)15-17(22)24-4-2/h16H,3-15H2,1-2H3. The minimum atomic E-state index is -0.161. The first-order chi connectivity index (χ1) is 12.1. The van der Waals surface area contributed by atoms with Crippen LogP contribution in [0.15, 0.2) is 0 Å². The second kappa shape index (κ2) is 10.6. The third-order valence-corrected chi connectivity index (χ3v) is 5.03. The smallest absolute Gasteiger partial charge is 0.409 e. The molecule has 0 aromatic heterocycles. The van der Waals surface area contributed by atoms with E-state index in [-0.39, 0.29) is 12.1 Å². The molecule has 2 rings (SSSR count). The predicted octanol–water partition coefficient (Wildman–Crippen LogP) is 1.57. The molecule has 2 saturated heterocycles. The number of likely N-dealkylation sites (tertiary alicyclic amines) is 1. The van der Waals surface area contributed by atoms with Crippen molar-refractivity contribution in [3.63, 3.8) is 0 Å². The highest BCUT2D eigenvalue weighted by molar-refractivity contribution is 5.71. The number of hydrogen-bond donors (Lipinski definition) is 0. The van der Waals surface area contributed by atoms with Gasteiger partial charge in [0.25, 0.3) is 0 Å². The molecule has 0 aromatic carbocycles. The monoisotopic (exact) mass is 355 g/mol. The molecule has 0 aromatic rings. The molecule has 1 amide bonds. The summed E-state index contributed by atoms with van der Waals surface area (Å²) in [6, 6.07) is 0.532. The van der Waals surface area contributed by atoms with Crippen LogP contribution in [0.5, 0.6) is 0 Å². The lowest BCUT2D eigenvalue weighted by molar-refractivity contribution is -0.144. The fraction of sp³-hybridized carbons (Fsp3) is 0.889. The van der Waals surface area contributed by atoms with E-state index in [0.717, 1.165) is 65.0 Å². The van der Waals surface area contributed by atoms with Gasteiger partial charge in [-0.25, -0.2) is 4.79 Å². The topological polar surface area (TPSA) is 62.3 Å². The Morgan fingerprint density at radius 3 is 2.24 bits per heavy atom. The van der Waals surface area contributed by atoms with Crippen molar-refractivity contribution in [2.24, 2.45) is 0 Å². The molecule has 0 spiro atoms. The zero-order valence-corrected chi connectivity index (χ0v) is 15.7. The lowest BCUT2D eigenvalue weighted by atomic mass is 10.0. The van der Waals surface area contributed by atoms with E-state index in [4.69, 9.17) is 9.47 Å². The largest absolute Gasteiger partial charge is 0.465 e. The molecule has 0 aliphatic carbocycles. The second-order valence-electron chi connectivity index (χ2n) is 6.80. The number of piperidine rings is 1. The molecule has 0 atom stereocenters. The summed E-state index contributed by atoms with van der Waals surface area (Å²) in [6.45, 7) is 10.6. The van der Waals surface area contributed by atoms with E-state index in [1.54, 1.807) is 0 Å². The summed E-state index contributed by atoms with van der Waals surface area (Å²) in [6.07, 6.45) is 3.81. The summed E-state index contributed by atoms with van der Waals surface area (Å²) < 4.78 is 10.3. The van der Waals surface area contributed by atoms with Gasteiger partial charge in [-0.2, -0.15) is 0 Å². The van der Waals surface area contributed by atoms with Crippen LogP contribution in [-0.2, 0) is 14.3 Å².